The lowest BCUT2D eigenvalue weighted by molar-refractivity contribution is -0.112. The second-order valence-electron chi connectivity index (χ2n) is 7.90. The Kier molecular flexibility index (Phi) is 6.52. The lowest BCUT2D eigenvalue weighted by Crippen LogP contribution is -2.13. The van der Waals surface area contributed by atoms with Crippen molar-refractivity contribution >= 4 is 28.4 Å². The molecule has 0 atom stereocenters. The first kappa shape index (κ1) is 21.9. The van der Waals surface area contributed by atoms with Crippen LogP contribution >= 0.6 is 0 Å². The van der Waals surface area contributed by atoms with Crippen LogP contribution < -0.4 is 10.1 Å². The van der Waals surface area contributed by atoms with Crippen LogP contribution in [0.25, 0.3) is 16.8 Å². The first-order valence-corrected chi connectivity index (χ1v) is 10.7. The molecule has 33 heavy (non-hydrogen) atoms. The summed E-state index contributed by atoms with van der Waals surface area (Å²) < 4.78 is 6.19. The minimum absolute atomic E-state index is 0.00824. The largest absolute Gasteiger partial charge is 0.488 e. The van der Waals surface area contributed by atoms with E-state index in [-0.39, 0.29) is 5.57 Å². The number of nitrogens with one attached hydrogen (secondary N) is 1. The van der Waals surface area contributed by atoms with E-state index in [1.807, 2.05) is 67.6 Å². The average Bonchev–Trinajstić information content (AvgIpc) is 2.82. The number of nitriles is 1. The van der Waals surface area contributed by atoms with Crippen molar-refractivity contribution in [1.29, 1.82) is 5.26 Å². The summed E-state index contributed by atoms with van der Waals surface area (Å²) in [5, 5.41) is 14.7. The Hall–Kier alpha value is -4.36. The third kappa shape index (κ3) is 5.11. The van der Waals surface area contributed by atoms with Crippen LogP contribution in [0.5, 0.6) is 5.75 Å². The summed E-state index contributed by atoms with van der Waals surface area (Å²) >= 11 is 0. The smallest absolute Gasteiger partial charge is 0.266 e. The number of ether oxygens (including phenoxy) is 1. The molecule has 0 aliphatic rings. The highest BCUT2D eigenvalue weighted by molar-refractivity contribution is 6.09. The van der Waals surface area contributed by atoms with Crippen LogP contribution in [-0.4, -0.2) is 5.91 Å². The van der Waals surface area contributed by atoms with Gasteiger partial charge in [0.05, 0.1) is 0 Å². The predicted octanol–water partition coefficient (Wildman–Crippen LogP) is 6.58. The normalized spacial score (nSPS) is 11.1. The summed E-state index contributed by atoms with van der Waals surface area (Å²) in [7, 11) is 0. The third-order valence-corrected chi connectivity index (χ3v) is 5.51. The molecular formula is C29H24N2O2. The van der Waals surface area contributed by atoms with Gasteiger partial charge in [0, 0.05) is 16.8 Å². The number of nitrogens with zero attached hydrogens (tertiary/aromatic N) is 1. The molecule has 0 radical (unpaired) electrons. The molecule has 0 fully saturated rings. The van der Waals surface area contributed by atoms with Crippen LogP contribution in [0.4, 0.5) is 5.69 Å². The molecule has 162 valence electrons. The van der Waals surface area contributed by atoms with Crippen molar-refractivity contribution in [3.05, 3.63) is 113 Å². The molecule has 0 unspecified atom stereocenters. The highest BCUT2D eigenvalue weighted by atomic mass is 16.5. The first-order chi connectivity index (χ1) is 16.0. The SMILES string of the molecule is Cc1cccc(NC(=O)/C(C#N)=C/c2ccccc2OCc2c(C)ccc3ccccc23)c1. The summed E-state index contributed by atoms with van der Waals surface area (Å²) in [4.78, 5) is 12.7. The Balaban J connectivity index is 1.58. The molecule has 4 heteroatoms. The second-order valence-corrected chi connectivity index (χ2v) is 7.90. The van der Waals surface area contributed by atoms with E-state index in [9.17, 15) is 10.1 Å². The van der Waals surface area contributed by atoms with Gasteiger partial charge < -0.3 is 10.1 Å². The Morgan fingerprint density at radius 1 is 0.970 bits per heavy atom. The monoisotopic (exact) mass is 432 g/mol. The van der Waals surface area contributed by atoms with Crippen LogP contribution in [0, 0.1) is 25.2 Å². The molecule has 4 rings (SSSR count). The van der Waals surface area contributed by atoms with E-state index in [0.29, 0.717) is 23.6 Å². The van der Waals surface area contributed by atoms with Crippen molar-refractivity contribution in [3.8, 4) is 11.8 Å². The number of para-hydroxylation sites is 1. The van der Waals surface area contributed by atoms with Crippen LogP contribution in [-0.2, 0) is 11.4 Å². The van der Waals surface area contributed by atoms with Gasteiger partial charge in [0.1, 0.15) is 24.0 Å². The van der Waals surface area contributed by atoms with E-state index in [1.165, 1.54) is 0 Å². The van der Waals surface area contributed by atoms with Gasteiger partial charge in [0.15, 0.2) is 0 Å². The molecule has 0 spiro atoms. The maximum Gasteiger partial charge on any atom is 0.266 e. The summed E-state index contributed by atoms with van der Waals surface area (Å²) in [6.45, 7) is 4.40. The maximum atomic E-state index is 12.7. The molecule has 0 saturated heterocycles. The molecule has 0 aromatic heterocycles. The number of aryl methyl sites for hydroxylation is 2. The van der Waals surface area contributed by atoms with Crippen molar-refractivity contribution in [2.75, 3.05) is 5.32 Å². The lowest BCUT2D eigenvalue weighted by atomic mass is 10.0. The molecule has 0 bridgehead atoms. The topological polar surface area (TPSA) is 62.1 Å². The number of hydrogen-bond acceptors (Lipinski definition) is 3. The third-order valence-electron chi connectivity index (χ3n) is 5.51. The molecule has 0 aliphatic heterocycles. The van der Waals surface area contributed by atoms with Crippen molar-refractivity contribution in [1.82, 2.24) is 0 Å². The Labute approximate surface area is 193 Å². The van der Waals surface area contributed by atoms with Gasteiger partial charge in [-0.2, -0.15) is 5.26 Å². The van der Waals surface area contributed by atoms with Crippen molar-refractivity contribution in [3.63, 3.8) is 0 Å². The van der Waals surface area contributed by atoms with E-state index in [2.05, 4.69) is 36.5 Å². The fourth-order valence-electron chi connectivity index (χ4n) is 3.74. The number of amides is 1. The van der Waals surface area contributed by atoms with Gasteiger partial charge in [-0.3, -0.25) is 4.79 Å². The van der Waals surface area contributed by atoms with E-state index >= 15 is 0 Å². The van der Waals surface area contributed by atoms with Gasteiger partial charge in [-0.25, -0.2) is 0 Å². The summed E-state index contributed by atoms with van der Waals surface area (Å²) in [6.07, 6.45) is 1.57. The Bertz CT molecular complexity index is 1400. The fourth-order valence-corrected chi connectivity index (χ4v) is 3.74. The van der Waals surface area contributed by atoms with Gasteiger partial charge in [-0.15, -0.1) is 0 Å². The number of anilines is 1. The zero-order chi connectivity index (χ0) is 23.2. The Morgan fingerprint density at radius 2 is 1.76 bits per heavy atom. The molecule has 4 nitrogen and oxygen atoms in total. The van der Waals surface area contributed by atoms with Gasteiger partial charge in [0.25, 0.3) is 5.91 Å². The lowest BCUT2D eigenvalue weighted by Gasteiger charge is -2.14. The van der Waals surface area contributed by atoms with Crippen LogP contribution in [0.15, 0.2) is 90.5 Å². The number of carbonyl (C=O) groups is 1. The summed E-state index contributed by atoms with van der Waals surface area (Å²) in [5.74, 6) is 0.156. The molecule has 0 saturated carbocycles. The van der Waals surface area contributed by atoms with Gasteiger partial charge in [-0.1, -0.05) is 66.7 Å². The zero-order valence-corrected chi connectivity index (χ0v) is 18.6. The molecule has 1 amide bonds. The minimum atomic E-state index is -0.456. The van der Waals surface area contributed by atoms with E-state index < -0.39 is 5.91 Å². The van der Waals surface area contributed by atoms with Gasteiger partial charge >= 0.3 is 0 Å². The standard InChI is InChI=1S/C29H24N2O2/c1-20-8-7-11-25(16-20)31-29(32)24(18-30)17-23-10-4-6-13-28(23)33-19-27-21(2)14-15-22-9-3-5-12-26(22)27/h3-17H,19H2,1-2H3,(H,31,32)/b24-17+. The molecule has 0 heterocycles. The quantitative estimate of drug-likeness (QED) is 0.276. The molecule has 4 aromatic rings. The Morgan fingerprint density at radius 3 is 2.58 bits per heavy atom. The molecular weight excluding hydrogens is 408 g/mol. The van der Waals surface area contributed by atoms with Crippen LogP contribution in [0.3, 0.4) is 0 Å². The fraction of sp³-hybridized carbons (Fsp3) is 0.103. The highest BCUT2D eigenvalue weighted by Crippen LogP contribution is 2.26. The minimum Gasteiger partial charge on any atom is -0.488 e. The van der Waals surface area contributed by atoms with Gasteiger partial charge in [0.2, 0.25) is 0 Å². The number of rotatable bonds is 6. The average molecular weight is 433 g/mol. The number of carbonyl (C=O) groups excluding carboxylic acids is 1. The number of hydrogen-bond donors (Lipinski definition) is 1. The van der Waals surface area contributed by atoms with Crippen molar-refractivity contribution < 1.29 is 9.53 Å². The molecule has 4 aromatic carbocycles. The zero-order valence-electron chi connectivity index (χ0n) is 18.6. The van der Waals surface area contributed by atoms with Crippen molar-refractivity contribution in [2.24, 2.45) is 0 Å². The van der Waals surface area contributed by atoms with E-state index in [4.69, 9.17) is 4.74 Å². The van der Waals surface area contributed by atoms with Crippen LogP contribution in [0.2, 0.25) is 0 Å². The van der Waals surface area contributed by atoms with Crippen LogP contribution in [0.1, 0.15) is 22.3 Å². The first-order valence-electron chi connectivity index (χ1n) is 10.7. The molecule has 1 N–H and O–H groups in total. The van der Waals surface area contributed by atoms with Crippen molar-refractivity contribution in [2.45, 2.75) is 20.5 Å². The maximum absolute atomic E-state index is 12.7. The van der Waals surface area contributed by atoms with E-state index in [1.54, 1.807) is 12.1 Å². The predicted molar refractivity (Wildman–Crippen MR) is 133 cm³/mol. The molecule has 0 aliphatic carbocycles. The van der Waals surface area contributed by atoms with E-state index in [0.717, 1.165) is 27.5 Å². The second kappa shape index (κ2) is 9.84. The number of benzene rings is 4. The van der Waals surface area contributed by atoms with Gasteiger partial charge in [-0.05, 0) is 60.0 Å². The number of fused-ring (bicyclic) bond motifs is 1. The summed E-state index contributed by atoms with van der Waals surface area (Å²) in [6, 6.07) is 29.3. The highest BCUT2D eigenvalue weighted by Gasteiger charge is 2.12. The summed E-state index contributed by atoms with van der Waals surface area (Å²) in [5.41, 5.74) is 4.62.